The van der Waals surface area contributed by atoms with E-state index in [1.54, 1.807) is 13.4 Å². The normalized spacial score (nSPS) is 10.9. The third-order valence-electron chi connectivity index (χ3n) is 0.916. The van der Waals surface area contributed by atoms with Crippen LogP contribution in [0.25, 0.3) is 0 Å². The Morgan fingerprint density at radius 2 is 2.00 bits per heavy atom. The van der Waals surface area contributed by atoms with E-state index >= 15 is 0 Å². The highest BCUT2D eigenvalue weighted by molar-refractivity contribution is 6.83. The molecule has 0 amide bonds. The Balaban J connectivity index is 3.65. The van der Waals surface area contributed by atoms with Crippen molar-refractivity contribution in [3.05, 3.63) is 12.3 Å². The van der Waals surface area contributed by atoms with E-state index in [1.807, 2.05) is 6.08 Å². The Hall–Kier alpha value is -0.683. The Labute approximate surface area is 70.5 Å². The van der Waals surface area contributed by atoms with Crippen molar-refractivity contribution in [3.8, 4) is 11.5 Å². The van der Waals surface area contributed by atoms with Crippen LogP contribution in [0.15, 0.2) is 12.3 Å². The Morgan fingerprint density at radius 1 is 1.36 bits per heavy atom. The molecule has 1 nitrogen and oxygen atoms in total. The molecule has 62 valence electrons. The zero-order valence-corrected chi connectivity index (χ0v) is 8.77. The van der Waals surface area contributed by atoms with Crippen LogP contribution >= 0.6 is 0 Å². The summed E-state index contributed by atoms with van der Waals surface area (Å²) in [6.45, 7) is 6.71. The maximum atomic E-state index is 4.74. The molecule has 0 saturated heterocycles. The summed E-state index contributed by atoms with van der Waals surface area (Å²) in [5, 5.41) is 0. The summed E-state index contributed by atoms with van der Waals surface area (Å²) in [5.74, 6) is 3.11. The van der Waals surface area contributed by atoms with Gasteiger partial charge >= 0.3 is 0 Å². The lowest BCUT2D eigenvalue weighted by Gasteiger charge is -2.02. The van der Waals surface area contributed by atoms with E-state index < -0.39 is 8.07 Å². The van der Waals surface area contributed by atoms with Crippen molar-refractivity contribution in [2.75, 3.05) is 7.11 Å². The lowest BCUT2D eigenvalue weighted by molar-refractivity contribution is 0.337. The molecule has 11 heavy (non-hydrogen) atoms. The van der Waals surface area contributed by atoms with E-state index in [2.05, 4.69) is 31.1 Å². The number of ether oxygens (including phenoxy) is 1. The summed E-state index contributed by atoms with van der Waals surface area (Å²) < 4.78 is 4.74. The highest BCUT2D eigenvalue weighted by atomic mass is 28.3. The van der Waals surface area contributed by atoms with Crippen LogP contribution in [-0.4, -0.2) is 15.2 Å². The van der Waals surface area contributed by atoms with Gasteiger partial charge in [0.25, 0.3) is 0 Å². The second-order valence-corrected chi connectivity index (χ2v) is 8.11. The predicted octanol–water partition coefficient (Wildman–Crippen LogP) is 2.42. The summed E-state index contributed by atoms with van der Waals surface area (Å²) in [6, 6.07) is 0. The molecule has 0 aromatic carbocycles. The van der Waals surface area contributed by atoms with Crippen molar-refractivity contribution < 1.29 is 4.74 Å². The van der Waals surface area contributed by atoms with Gasteiger partial charge < -0.3 is 4.74 Å². The van der Waals surface area contributed by atoms with Crippen LogP contribution in [0.5, 0.6) is 0 Å². The van der Waals surface area contributed by atoms with E-state index in [-0.39, 0.29) is 0 Å². The van der Waals surface area contributed by atoms with Crippen molar-refractivity contribution in [2.24, 2.45) is 0 Å². The number of rotatable bonds is 2. The first kappa shape index (κ1) is 10.3. The van der Waals surface area contributed by atoms with E-state index in [4.69, 9.17) is 4.74 Å². The molecule has 0 radical (unpaired) electrons. The van der Waals surface area contributed by atoms with Gasteiger partial charge in [0.15, 0.2) is 0 Å². The van der Waals surface area contributed by atoms with Crippen LogP contribution in [0, 0.1) is 11.5 Å². The molecule has 0 aliphatic carbocycles. The minimum atomic E-state index is -1.15. The monoisotopic (exact) mass is 168 g/mol. The molecule has 0 aliphatic rings. The third-order valence-corrected chi connectivity index (χ3v) is 1.84. The fraction of sp³-hybridized carbons (Fsp3) is 0.556. The van der Waals surface area contributed by atoms with E-state index in [1.165, 1.54) is 0 Å². The number of hydrogen-bond donors (Lipinski definition) is 0. The standard InChI is InChI=1S/C9H16OSi/c1-10-8-6-5-7-9-11(2,3)4/h6,8H,5H2,1-4H3/b8-6-. The van der Waals surface area contributed by atoms with Crippen molar-refractivity contribution in [2.45, 2.75) is 26.1 Å². The van der Waals surface area contributed by atoms with Gasteiger partial charge in [-0.25, -0.2) is 0 Å². The van der Waals surface area contributed by atoms with Crippen LogP contribution < -0.4 is 0 Å². The molecule has 0 saturated carbocycles. The first-order chi connectivity index (χ1) is 5.06. The van der Waals surface area contributed by atoms with Crippen molar-refractivity contribution in [1.29, 1.82) is 0 Å². The molecule has 0 fully saturated rings. The number of methoxy groups -OCH3 is 1. The zero-order valence-electron chi connectivity index (χ0n) is 7.77. The molecule has 0 bridgehead atoms. The summed E-state index contributed by atoms with van der Waals surface area (Å²) >= 11 is 0. The SMILES string of the molecule is CO/C=C\CC#C[Si](C)(C)C. The molecule has 0 aliphatic heterocycles. The summed E-state index contributed by atoms with van der Waals surface area (Å²) in [5.41, 5.74) is 3.26. The predicted molar refractivity (Wildman–Crippen MR) is 51.9 cm³/mol. The average Bonchev–Trinajstić information content (AvgIpc) is 1.85. The average molecular weight is 168 g/mol. The largest absolute Gasteiger partial charge is 0.505 e. The van der Waals surface area contributed by atoms with E-state index in [0.717, 1.165) is 6.42 Å². The Morgan fingerprint density at radius 3 is 2.45 bits per heavy atom. The fourth-order valence-corrected chi connectivity index (χ4v) is 1.15. The van der Waals surface area contributed by atoms with Gasteiger partial charge in [-0.05, 0) is 6.08 Å². The summed E-state index contributed by atoms with van der Waals surface area (Å²) in [7, 11) is 0.488. The topological polar surface area (TPSA) is 9.23 Å². The van der Waals surface area contributed by atoms with Gasteiger partial charge in [0.1, 0.15) is 8.07 Å². The van der Waals surface area contributed by atoms with E-state index in [9.17, 15) is 0 Å². The van der Waals surface area contributed by atoms with Crippen LogP contribution in [-0.2, 0) is 4.74 Å². The van der Waals surface area contributed by atoms with Crippen molar-refractivity contribution >= 4 is 8.07 Å². The maximum Gasteiger partial charge on any atom is 0.129 e. The van der Waals surface area contributed by atoms with Crippen LogP contribution in [0.3, 0.4) is 0 Å². The second kappa shape index (κ2) is 5.03. The molecular formula is C9H16OSi. The molecular weight excluding hydrogens is 152 g/mol. The third kappa shape index (κ3) is 9.32. The molecule has 0 unspecified atom stereocenters. The highest BCUT2D eigenvalue weighted by Gasteiger charge is 2.06. The second-order valence-electron chi connectivity index (χ2n) is 3.36. The van der Waals surface area contributed by atoms with Gasteiger partial charge in [-0.2, -0.15) is 0 Å². The molecule has 0 aromatic rings. The van der Waals surface area contributed by atoms with Gasteiger partial charge in [-0.3, -0.25) is 0 Å². The van der Waals surface area contributed by atoms with Crippen LogP contribution in [0.1, 0.15) is 6.42 Å². The highest BCUT2D eigenvalue weighted by Crippen LogP contribution is 1.96. The number of hydrogen-bond acceptors (Lipinski definition) is 1. The van der Waals surface area contributed by atoms with Gasteiger partial charge in [-0.1, -0.05) is 19.6 Å². The quantitative estimate of drug-likeness (QED) is 0.349. The molecule has 0 atom stereocenters. The van der Waals surface area contributed by atoms with Crippen molar-refractivity contribution in [1.82, 2.24) is 0 Å². The van der Waals surface area contributed by atoms with Crippen molar-refractivity contribution in [3.63, 3.8) is 0 Å². The lowest BCUT2D eigenvalue weighted by atomic mass is 10.4. The summed E-state index contributed by atoms with van der Waals surface area (Å²) in [6.07, 6.45) is 4.39. The van der Waals surface area contributed by atoms with Gasteiger partial charge in [0, 0.05) is 6.42 Å². The first-order valence-corrected chi connectivity index (χ1v) is 7.24. The first-order valence-electron chi connectivity index (χ1n) is 3.74. The Bertz CT molecular complexity index is 178. The molecule has 0 rings (SSSR count). The molecule has 2 heteroatoms. The lowest BCUT2D eigenvalue weighted by Crippen LogP contribution is -2.16. The molecule has 0 spiro atoms. The van der Waals surface area contributed by atoms with Crippen LogP contribution in [0.2, 0.25) is 19.6 Å². The van der Waals surface area contributed by atoms with Gasteiger partial charge in [-0.15, -0.1) is 11.5 Å². The fourth-order valence-electron chi connectivity index (χ4n) is 0.519. The maximum absolute atomic E-state index is 4.74. The molecule has 0 heterocycles. The minimum absolute atomic E-state index is 0.804. The zero-order chi connectivity index (χ0) is 8.74. The summed E-state index contributed by atoms with van der Waals surface area (Å²) in [4.78, 5) is 0. The van der Waals surface area contributed by atoms with Gasteiger partial charge in [0.2, 0.25) is 0 Å². The van der Waals surface area contributed by atoms with E-state index in [0.29, 0.717) is 0 Å². The van der Waals surface area contributed by atoms with Crippen LogP contribution in [0.4, 0.5) is 0 Å². The molecule has 0 N–H and O–H groups in total. The molecule has 0 aromatic heterocycles. The Kier molecular flexibility index (Phi) is 4.72. The minimum Gasteiger partial charge on any atom is -0.505 e. The van der Waals surface area contributed by atoms with Gasteiger partial charge in [0.05, 0.1) is 13.4 Å². The number of allylic oxidation sites excluding steroid dienone is 1. The smallest absolute Gasteiger partial charge is 0.129 e.